The molecule has 0 saturated carbocycles. The maximum atomic E-state index is 12.1. The van der Waals surface area contributed by atoms with Crippen LogP contribution in [0.2, 0.25) is 0 Å². The Balaban J connectivity index is 4.14. The summed E-state index contributed by atoms with van der Waals surface area (Å²) in [7, 11) is 0. The molecule has 0 heterocycles. The molecule has 0 saturated heterocycles. The minimum atomic E-state index is -4.73. The fourth-order valence-electron chi connectivity index (χ4n) is 0.234. The number of thioether (sulfide) groups is 1. The summed E-state index contributed by atoms with van der Waals surface area (Å²) in [6, 6.07) is 0. The van der Waals surface area contributed by atoms with Crippen molar-refractivity contribution in [2.45, 2.75) is 10.6 Å². The van der Waals surface area contributed by atoms with Gasteiger partial charge in [-0.3, -0.25) is 4.79 Å². The second-order valence-electron chi connectivity index (χ2n) is 1.70. The number of carbonyl (C=O) groups is 1. The quantitative estimate of drug-likeness (QED) is 0.590. The van der Waals surface area contributed by atoms with Crippen molar-refractivity contribution in [1.29, 1.82) is 0 Å². The van der Waals surface area contributed by atoms with Crippen LogP contribution >= 0.6 is 23.4 Å². The van der Waals surface area contributed by atoms with E-state index in [0.29, 0.717) is 0 Å². The molecule has 0 amide bonds. The van der Waals surface area contributed by atoms with Crippen LogP contribution in [0.25, 0.3) is 0 Å². The smallest absolute Gasteiger partial charge is 0.393 e. The molecule has 0 aliphatic carbocycles. The highest BCUT2D eigenvalue weighted by molar-refractivity contribution is 8.01. The Kier molecular flexibility index (Phi) is 3.64. The molecule has 0 rings (SSSR count). The Bertz CT molecular complexity index is 180. The minimum absolute atomic E-state index is 0.721. The number of aliphatic carboxylic acids is 1. The highest BCUT2D eigenvalue weighted by Gasteiger charge is 2.55. The average Bonchev–Trinajstić information content (AvgIpc) is 1.81. The fourth-order valence-corrected chi connectivity index (χ4v) is 0.866. The van der Waals surface area contributed by atoms with Crippen molar-refractivity contribution in [2.75, 3.05) is 5.75 Å². The summed E-state index contributed by atoms with van der Waals surface area (Å²) in [5, 5.41) is -1.39. The van der Waals surface area contributed by atoms with Crippen molar-refractivity contribution in [3.63, 3.8) is 0 Å². The van der Waals surface area contributed by atoms with Crippen LogP contribution in [-0.4, -0.2) is 27.5 Å². The van der Waals surface area contributed by atoms with Gasteiger partial charge in [0.25, 0.3) is 0 Å². The summed E-state index contributed by atoms with van der Waals surface area (Å²) in [5.41, 5.74) is 0. The van der Waals surface area contributed by atoms with Crippen molar-refractivity contribution in [1.82, 2.24) is 0 Å². The lowest BCUT2D eigenvalue weighted by molar-refractivity contribution is -0.134. The van der Waals surface area contributed by atoms with Gasteiger partial charge in [0.05, 0.1) is 5.75 Å². The van der Waals surface area contributed by atoms with Crippen molar-refractivity contribution < 1.29 is 27.5 Å². The summed E-state index contributed by atoms with van der Waals surface area (Å²) in [4.78, 5) is 9.73. The highest BCUT2D eigenvalue weighted by atomic mass is 35.5. The molecule has 0 aromatic rings. The molecule has 0 aromatic heterocycles. The normalized spacial score (nSPS) is 13.1. The van der Waals surface area contributed by atoms with Crippen LogP contribution in [0.4, 0.5) is 17.6 Å². The lowest BCUT2D eigenvalue weighted by atomic mass is 10.7. The van der Waals surface area contributed by atoms with E-state index in [1.807, 2.05) is 0 Å². The molecule has 0 bridgehead atoms. The van der Waals surface area contributed by atoms with Gasteiger partial charge in [0.1, 0.15) is 0 Å². The number of hydrogen-bond donors (Lipinski definition) is 1. The molecular formula is C4H3ClF4O2S. The third kappa shape index (κ3) is 3.48. The van der Waals surface area contributed by atoms with Gasteiger partial charge in [-0.05, 0) is 11.6 Å². The van der Waals surface area contributed by atoms with Crippen LogP contribution in [0, 0.1) is 0 Å². The Morgan fingerprint density at radius 3 is 2.08 bits per heavy atom. The maximum absolute atomic E-state index is 12.1. The van der Waals surface area contributed by atoms with Gasteiger partial charge < -0.3 is 5.11 Å². The monoisotopic (exact) mass is 226 g/mol. The van der Waals surface area contributed by atoms with Crippen LogP contribution < -0.4 is 0 Å². The Hall–Kier alpha value is -0.170. The molecule has 8 heteroatoms. The van der Waals surface area contributed by atoms with E-state index in [1.165, 1.54) is 0 Å². The van der Waals surface area contributed by atoms with Gasteiger partial charge in [-0.1, -0.05) is 11.8 Å². The van der Waals surface area contributed by atoms with E-state index < -0.39 is 34.1 Å². The third-order valence-corrected chi connectivity index (χ3v) is 2.07. The van der Waals surface area contributed by atoms with E-state index in [-0.39, 0.29) is 0 Å². The number of halogens is 5. The Morgan fingerprint density at radius 2 is 1.83 bits per heavy atom. The largest absolute Gasteiger partial charge is 0.481 e. The van der Waals surface area contributed by atoms with E-state index in [1.54, 1.807) is 0 Å². The van der Waals surface area contributed by atoms with Gasteiger partial charge in [-0.15, -0.1) is 0 Å². The molecule has 72 valence electrons. The summed E-state index contributed by atoms with van der Waals surface area (Å²) in [6.45, 7) is 0. The van der Waals surface area contributed by atoms with Crippen LogP contribution in [0.15, 0.2) is 0 Å². The van der Waals surface area contributed by atoms with E-state index in [0.717, 1.165) is 0 Å². The SMILES string of the molecule is O=C(O)CSC(F)(F)C(F)(F)Cl. The topological polar surface area (TPSA) is 37.3 Å². The summed E-state index contributed by atoms with van der Waals surface area (Å²) >= 11 is 3.29. The third-order valence-electron chi connectivity index (χ3n) is 0.707. The minimum Gasteiger partial charge on any atom is -0.481 e. The first-order valence-electron chi connectivity index (χ1n) is 2.47. The molecule has 0 spiro atoms. The molecule has 0 unspecified atom stereocenters. The summed E-state index contributed by atoms with van der Waals surface area (Å²) in [5.74, 6) is -2.74. The first-order valence-corrected chi connectivity index (χ1v) is 3.83. The van der Waals surface area contributed by atoms with Gasteiger partial charge in [0.15, 0.2) is 0 Å². The molecule has 1 N–H and O–H groups in total. The number of alkyl halides is 5. The van der Waals surface area contributed by atoms with Crippen molar-refractivity contribution in [2.24, 2.45) is 0 Å². The zero-order chi connectivity index (χ0) is 9.99. The molecule has 2 nitrogen and oxygen atoms in total. The van der Waals surface area contributed by atoms with E-state index in [9.17, 15) is 22.4 Å². The van der Waals surface area contributed by atoms with Gasteiger partial charge in [-0.2, -0.15) is 17.6 Å². The predicted octanol–water partition coefficient (Wildman–Crippen LogP) is 2.23. The molecule has 0 aliphatic heterocycles. The van der Waals surface area contributed by atoms with Crippen LogP contribution in [0.5, 0.6) is 0 Å². The van der Waals surface area contributed by atoms with Crippen molar-refractivity contribution >= 4 is 29.3 Å². The highest BCUT2D eigenvalue weighted by Crippen LogP contribution is 2.45. The molecule has 0 aromatic carbocycles. The second-order valence-corrected chi connectivity index (χ2v) is 3.26. The predicted molar refractivity (Wildman–Crippen MR) is 35.8 cm³/mol. The van der Waals surface area contributed by atoms with E-state index in [4.69, 9.17) is 5.11 Å². The molecule has 0 aliphatic rings. The number of carboxylic acid groups (broad SMARTS) is 1. The second kappa shape index (κ2) is 3.69. The zero-order valence-electron chi connectivity index (χ0n) is 5.36. The number of hydrogen-bond acceptors (Lipinski definition) is 2. The van der Waals surface area contributed by atoms with Gasteiger partial charge in [0.2, 0.25) is 0 Å². The van der Waals surface area contributed by atoms with E-state index in [2.05, 4.69) is 11.6 Å². The maximum Gasteiger partial charge on any atom is 0.393 e. The lowest BCUT2D eigenvalue weighted by Gasteiger charge is -2.18. The molecule has 0 atom stereocenters. The summed E-state index contributed by atoms with van der Waals surface area (Å²) < 4.78 is 47.7. The Morgan fingerprint density at radius 1 is 1.42 bits per heavy atom. The van der Waals surface area contributed by atoms with Crippen LogP contribution in [-0.2, 0) is 4.79 Å². The number of carboxylic acids is 1. The van der Waals surface area contributed by atoms with Gasteiger partial charge >= 0.3 is 16.6 Å². The molecule has 0 fully saturated rings. The average molecular weight is 227 g/mol. The standard InChI is InChI=1S/C4H3ClF4O2S/c5-3(6,7)4(8,9)12-1-2(10)11/h1H2,(H,10,11). The van der Waals surface area contributed by atoms with Gasteiger partial charge in [-0.25, -0.2) is 0 Å². The van der Waals surface area contributed by atoms with Crippen molar-refractivity contribution in [3.05, 3.63) is 0 Å². The van der Waals surface area contributed by atoms with Crippen LogP contribution in [0.1, 0.15) is 0 Å². The van der Waals surface area contributed by atoms with Crippen molar-refractivity contribution in [3.8, 4) is 0 Å². The van der Waals surface area contributed by atoms with Gasteiger partial charge in [0, 0.05) is 0 Å². The Labute approximate surface area is 73.9 Å². The number of rotatable bonds is 4. The first-order chi connectivity index (χ1) is 5.17. The molecular weight excluding hydrogens is 224 g/mol. The zero-order valence-corrected chi connectivity index (χ0v) is 6.93. The summed E-state index contributed by atoms with van der Waals surface area (Å²) in [6.07, 6.45) is 0. The first kappa shape index (κ1) is 11.8. The fraction of sp³-hybridized carbons (Fsp3) is 0.750. The molecule has 0 radical (unpaired) electrons. The molecule has 12 heavy (non-hydrogen) atoms. The van der Waals surface area contributed by atoms with E-state index >= 15 is 0 Å². The van der Waals surface area contributed by atoms with Crippen LogP contribution in [0.3, 0.4) is 0 Å². The lowest BCUT2D eigenvalue weighted by Crippen LogP contribution is -2.32.